The van der Waals surface area contributed by atoms with Gasteiger partial charge in [-0.2, -0.15) is 33.1 Å². The Morgan fingerprint density at radius 1 is 0.425 bits per heavy atom. The molecule has 8 heterocycles. The van der Waals surface area contributed by atoms with Crippen LogP contribution in [-0.4, -0.2) is 162 Å². The topological polar surface area (TPSA) is 564 Å². The highest BCUT2D eigenvalue weighted by Gasteiger charge is 2.31. The molecule has 8 aromatic rings. The molecule has 120 heavy (non-hydrogen) atoms. The minimum atomic E-state index is -4.49. The molecule has 8 aromatic heterocycles. The Labute approximate surface area is 689 Å². The van der Waals surface area contributed by atoms with Gasteiger partial charge in [0, 0.05) is 117 Å². The molecular weight excluding hydrogens is 1570 g/mol. The average Bonchev–Trinajstić information content (AvgIpc) is 0.846. The number of aromatic nitrogens is 12. The van der Waals surface area contributed by atoms with E-state index in [9.17, 15) is 58.0 Å². The molecule has 40 nitrogen and oxygen atoms in total. The van der Waals surface area contributed by atoms with Gasteiger partial charge >= 0.3 is 28.9 Å². The lowest BCUT2D eigenvalue weighted by atomic mass is 9.86. The second-order valence-electron chi connectivity index (χ2n) is 29.5. The van der Waals surface area contributed by atoms with E-state index < -0.39 is 38.3 Å². The fourth-order valence-corrected chi connectivity index (χ4v) is 13.5. The van der Waals surface area contributed by atoms with Crippen LogP contribution in [0.15, 0.2) is 92.0 Å². The van der Waals surface area contributed by atoms with E-state index in [4.69, 9.17) is 41.9 Å². The Kier molecular flexibility index (Phi) is 35.2. The molecule has 0 aliphatic heterocycles. The minimum Gasteiger partial charge on any atom is -0.481 e. The van der Waals surface area contributed by atoms with Gasteiger partial charge in [-0.1, -0.05) is 18.2 Å². The van der Waals surface area contributed by atoms with Gasteiger partial charge in [0.05, 0.1) is 45.7 Å². The van der Waals surface area contributed by atoms with Gasteiger partial charge in [0.15, 0.2) is 6.61 Å². The van der Waals surface area contributed by atoms with E-state index in [2.05, 4.69) is 102 Å². The largest absolute Gasteiger partial charge is 0.481 e. The number of nitrogens with one attached hydrogen (secondary N) is 8. The molecule has 16 N–H and O–H groups in total. The summed E-state index contributed by atoms with van der Waals surface area (Å²) in [4.78, 5) is 92.6. The summed E-state index contributed by atoms with van der Waals surface area (Å²) >= 11 is 0. The van der Waals surface area contributed by atoms with Crippen LogP contribution in [0.1, 0.15) is 146 Å². The number of methoxy groups -OCH3 is 1. The van der Waals surface area contributed by atoms with Gasteiger partial charge in [0.2, 0.25) is 70.6 Å². The van der Waals surface area contributed by atoms with Gasteiger partial charge in [-0.25, -0.2) is 44.3 Å². The molecule has 0 aromatic carbocycles. The van der Waals surface area contributed by atoms with Crippen LogP contribution in [0.2, 0.25) is 0 Å². The van der Waals surface area contributed by atoms with Crippen molar-refractivity contribution in [3.63, 3.8) is 0 Å². The number of alkyl halides is 3. The first kappa shape index (κ1) is 91.6. The number of halogens is 4. The molecule has 648 valence electrons. The number of anilines is 8. The summed E-state index contributed by atoms with van der Waals surface area (Å²) in [7, 11) is 1.44. The van der Waals surface area contributed by atoms with Crippen LogP contribution in [0.3, 0.4) is 0 Å². The Hall–Kier alpha value is -12.3. The predicted octanol–water partition coefficient (Wildman–Crippen LogP) is 11.6. The standard InChI is InChI=1S/C20H29N7O3.C19H24F3N7O3.C19H27N7O3.C18H24FN7O3/c1-13(2)30-19-15(4-3-9-22-19)11-24-20-25-12-17(27(28)29)18(26-20)23-10-14-5-7-16(21)8-6-14;20-19(21,22)11-32-17-13(2-1-7-24-17)9-26-18-27-10-15(29(30)31)16(28-18)25-8-12-3-5-14(23)6-4-12;1-2-29-18-14(4-3-9-21-18)11-23-19-24-12-16(26(27)28)17(25-19)22-10-13-5-7-15(20)8-6-13;1-29-17-12(6-13(19)9-22-17)8-23-18-24-10-15(26(27)28)16(25-18)21-7-11-2-4-14(20)5-3-11/h3-4,9,12-14,16H,5-8,10-11,21H2,1-2H3,(H2,23,24,25,26);1-2,7,10,12,14H,3-6,8-9,11,23H2,(H2,25,26,27,28);3-4,9,12-13,15H,2,5-8,10-11,20H2,1H3,(H2,22,23,24,25);6,9-11,14H,2-5,7-8,20H2,1H3,(H2,21,23,24,25). The van der Waals surface area contributed by atoms with E-state index in [1.165, 1.54) is 31.8 Å². The molecule has 0 amide bonds. The monoisotopic (exact) mass is 1680 g/mol. The zero-order chi connectivity index (χ0) is 86.1. The summed E-state index contributed by atoms with van der Waals surface area (Å²) in [5, 5.41) is 69.7. The van der Waals surface area contributed by atoms with Gasteiger partial charge < -0.3 is 84.4 Å². The smallest absolute Gasteiger partial charge is 0.422 e. The third-order valence-electron chi connectivity index (χ3n) is 20.0. The average molecular weight is 1680 g/mol. The molecule has 4 saturated carbocycles. The van der Waals surface area contributed by atoms with Crippen LogP contribution in [0.25, 0.3) is 0 Å². The normalized spacial score (nSPS) is 18.8. The van der Waals surface area contributed by atoms with E-state index in [1.807, 2.05) is 45.0 Å². The highest BCUT2D eigenvalue weighted by molar-refractivity contribution is 5.60. The maximum atomic E-state index is 13.4. The Morgan fingerprint density at radius 3 is 1.02 bits per heavy atom. The molecule has 0 radical (unpaired) electrons. The van der Waals surface area contributed by atoms with Crippen molar-refractivity contribution in [3.05, 3.63) is 161 Å². The van der Waals surface area contributed by atoms with Crippen LogP contribution in [0.5, 0.6) is 23.5 Å². The molecule has 4 aliphatic rings. The summed E-state index contributed by atoms with van der Waals surface area (Å²) in [6.07, 6.45) is 21.4. The third kappa shape index (κ3) is 29.9. The van der Waals surface area contributed by atoms with Crippen molar-refractivity contribution < 1.29 is 56.2 Å². The molecule has 0 spiro atoms. The summed E-state index contributed by atoms with van der Waals surface area (Å²) in [5.41, 5.74) is 25.5. The number of nitrogens with zero attached hydrogens (tertiary/aromatic N) is 16. The molecule has 0 saturated heterocycles. The second kappa shape index (κ2) is 46.1. The summed E-state index contributed by atoms with van der Waals surface area (Å²) in [6.45, 7) is 8.08. The molecule has 0 unspecified atom stereocenters. The molecule has 0 atom stereocenters. The lowest BCUT2D eigenvalue weighted by Crippen LogP contribution is -2.29. The van der Waals surface area contributed by atoms with Crippen molar-refractivity contribution in [3.8, 4) is 23.5 Å². The fourth-order valence-electron chi connectivity index (χ4n) is 13.5. The minimum absolute atomic E-state index is 0.000542. The Bertz CT molecular complexity index is 4600. The number of pyridine rings is 4. The van der Waals surface area contributed by atoms with Crippen molar-refractivity contribution in [1.82, 2.24) is 59.8 Å². The van der Waals surface area contributed by atoms with Crippen LogP contribution in [0, 0.1) is 69.9 Å². The highest BCUT2D eigenvalue weighted by atomic mass is 19.4. The number of nitrogens with two attached hydrogens (primary N) is 4. The maximum Gasteiger partial charge on any atom is 0.422 e. The number of ether oxygens (including phenoxy) is 4. The van der Waals surface area contributed by atoms with Crippen molar-refractivity contribution in [1.29, 1.82) is 0 Å². The lowest BCUT2D eigenvalue weighted by molar-refractivity contribution is -0.384. The van der Waals surface area contributed by atoms with Gasteiger partial charge in [0.25, 0.3) is 0 Å². The molecule has 44 heteroatoms. The molecule has 12 rings (SSSR count). The summed E-state index contributed by atoms with van der Waals surface area (Å²) < 4.78 is 71.9. The van der Waals surface area contributed by atoms with E-state index in [-0.39, 0.29) is 113 Å². The first-order valence-corrected chi connectivity index (χ1v) is 39.6. The predicted molar refractivity (Wildman–Crippen MR) is 440 cm³/mol. The maximum absolute atomic E-state index is 13.4. The first-order chi connectivity index (χ1) is 57.6. The Balaban J connectivity index is 0.000000182. The third-order valence-corrected chi connectivity index (χ3v) is 20.0. The van der Waals surface area contributed by atoms with Crippen molar-refractivity contribution in [2.45, 2.75) is 186 Å². The lowest BCUT2D eigenvalue weighted by Gasteiger charge is -2.26. The number of nitro groups is 4. The zero-order valence-electron chi connectivity index (χ0n) is 67.1. The van der Waals surface area contributed by atoms with E-state index >= 15 is 0 Å². The van der Waals surface area contributed by atoms with Gasteiger partial charge in [-0.3, -0.25) is 40.5 Å². The zero-order valence-corrected chi connectivity index (χ0v) is 67.1. The number of rotatable bonds is 35. The summed E-state index contributed by atoms with van der Waals surface area (Å²) in [6, 6.07) is 12.8. The van der Waals surface area contributed by atoms with Crippen molar-refractivity contribution >= 4 is 69.8 Å². The second-order valence-corrected chi connectivity index (χ2v) is 29.5. The SMILES string of the molecule is CC(C)Oc1ncccc1CNc1ncc([N+](=O)[O-])c(NCC2CCC(N)CC2)n1.CCOc1ncccc1CNc1ncc([N+](=O)[O-])c(NCC2CCC(N)CC2)n1.COc1ncc(F)cc1CNc1ncc([N+](=O)[O-])c(NCC2CCC(N)CC2)n1.NC1CCC(CNc2nc(NCc3cccnc3OCC(F)(F)F)ncc2[N+](=O)[O-])CC1. The molecule has 4 fully saturated rings. The Morgan fingerprint density at radius 2 is 0.725 bits per heavy atom. The summed E-state index contributed by atoms with van der Waals surface area (Å²) in [5.74, 6) is 3.79. The number of hydrogen-bond donors (Lipinski definition) is 12. The van der Waals surface area contributed by atoms with Gasteiger partial charge in [-0.05, 0) is 171 Å². The van der Waals surface area contributed by atoms with Crippen molar-refractivity contribution in [2.24, 2.45) is 46.6 Å². The van der Waals surface area contributed by atoms with Crippen LogP contribution < -0.4 is 84.4 Å². The molecule has 0 bridgehead atoms. The fraction of sp³-hybridized carbons (Fsp3) is 0.526. The first-order valence-electron chi connectivity index (χ1n) is 39.6. The van der Waals surface area contributed by atoms with Crippen LogP contribution in [-0.2, 0) is 26.2 Å². The number of hydrogen-bond acceptors (Lipinski definition) is 36. The quantitative estimate of drug-likeness (QED) is 0.00997. The van der Waals surface area contributed by atoms with Crippen molar-refractivity contribution in [2.75, 3.05) is 89.0 Å². The molecule has 4 aliphatic carbocycles. The molecular formula is C76H104F4N28O12. The van der Waals surface area contributed by atoms with E-state index in [1.54, 1.807) is 24.5 Å². The highest BCUT2D eigenvalue weighted by Crippen LogP contribution is 2.34. The van der Waals surface area contributed by atoms with Gasteiger partial charge in [0.1, 0.15) is 30.6 Å². The van der Waals surface area contributed by atoms with Crippen LogP contribution >= 0.6 is 0 Å². The van der Waals surface area contributed by atoms with Gasteiger partial charge in [-0.15, -0.1) is 0 Å². The van der Waals surface area contributed by atoms with E-state index in [0.29, 0.717) is 104 Å². The van der Waals surface area contributed by atoms with Crippen LogP contribution in [0.4, 0.5) is 87.4 Å². The van der Waals surface area contributed by atoms with E-state index in [0.717, 1.165) is 132 Å².